The summed E-state index contributed by atoms with van der Waals surface area (Å²) in [7, 11) is 0. The van der Waals surface area contributed by atoms with Crippen molar-refractivity contribution in [2.75, 3.05) is 18.1 Å². The Morgan fingerprint density at radius 3 is 2.83 bits per heavy atom. The minimum atomic E-state index is 0.139. The molecule has 0 N–H and O–H groups in total. The largest absolute Gasteiger partial charge is 0.374 e. The Bertz CT molecular complexity index is 423. The van der Waals surface area contributed by atoms with Gasteiger partial charge < -0.3 is 9.64 Å². The number of nitrogens with zero attached hydrogens (tertiary/aromatic N) is 3. The fourth-order valence-corrected chi connectivity index (χ4v) is 2.57. The van der Waals surface area contributed by atoms with Gasteiger partial charge in [0, 0.05) is 24.8 Å². The maximum absolute atomic E-state index is 6.07. The summed E-state index contributed by atoms with van der Waals surface area (Å²) in [5.41, 5.74) is 0.139. The molecule has 1 saturated heterocycles. The van der Waals surface area contributed by atoms with Crippen LogP contribution in [0, 0.1) is 0 Å². The summed E-state index contributed by atoms with van der Waals surface area (Å²) in [6.07, 6.45) is 2.37. The quantitative estimate of drug-likeness (QED) is 0.788. The second-order valence-corrected chi connectivity index (χ2v) is 5.56. The van der Waals surface area contributed by atoms with E-state index in [1.807, 2.05) is 13.0 Å². The monoisotopic (exact) mass is 269 g/mol. The second-order valence-electron chi connectivity index (χ2n) is 5.17. The highest BCUT2D eigenvalue weighted by Crippen LogP contribution is 2.33. The van der Waals surface area contributed by atoms with Gasteiger partial charge in [0.2, 0.25) is 0 Å². The first-order chi connectivity index (χ1) is 8.53. The number of anilines is 1. The van der Waals surface area contributed by atoms with E-state index in [1.54, 1.807) is 0 Å². The van der Waals surface area contributed by atoms with Gasteiger partial charge in [-0.1, -0.05) is 11.6 Å². The van der Waals surface area contributed by atoms with Gasteiger partial charge in [-0.15, -0.1) is 0 Å². The van der Waals surface area contributed by atoms with E-state index in [9.17, 15) is 0 Å². The molecular weight excluding hydrogens is 250 g/mol. The van der Waals surface area contributed by atoms with Crippen molar-refractivity contribution in [3.8, 4) is 0 Å². The summed E-state index contributed by atoms with van der Waals surface area (Å²) in [5, 5.41) is 0.484. The highest BCUT2D eigenvalue weighted by atomic mass is 35.5. The Hall–Kier alpha value is -0.870. The molecule has 0 aliphatic carbocycles. The van der Waals surface area contributed by atoms with E-state index in [2.05, 4.69) is 28.7 Å². The van der Waals surface area contributed by atoms with Crippen LogP contribution >= 0.6 is 11.6 Å². The Labute approximate surface area is 113 Å². The molecule has 0 radical (unpaired) electrons. The molecule has 0 amide bonds. The van der Waals surface area contributed by atoms with Crippen LogP contribution < -0.4 is 4.90 Å². The number of aromatic nitrogens is 2. The van der Waals surface area contributed by atoms with Gasteiger partial charge in [0.15, 0.2) is 5.82 Å². The zero-order valence-corrected chi connectivity index (χ0v) is 12.0. The number of rotatable bonds is 4. The SMILES string of the molecule is CCOCc1nc(Cl)cc(N2CCCC2(C)C)n1. The van der Waals surface area contributed by atoms with Crippen LogP contribution in [0.3, 0.4) is 0 Å². The fraction of sp³-hybridized carbons (Fsp3) is 0.692. The van der Waals surface area contributed by atoms with E-state index < -0.39 is 0 Å². The molecule has 0 aromatic carbocycles. The molecule has 1 aliphatic rings. The first kappa shape index (κ1) is 13.6. The molecule has 1 aromatic heterocycles. The minimum Gasteiger partial charge on any atom is -0.374 e. The smallest absolute Gasteiger partial charge is 0.158 e. The molecule has 1 aliphatic heterocycles. The van der Waals surface area contributed by atoms with Gasteiger partial charge in [-0.25, -0.2) is 9.97 Å². The standard InChI is InChI=1S/C13H20ClN3O/c1-4-18-9-11-15-10(14)8-12(16-11)17-7-5-6-13(17,2)3/h8H,4-7,9H2,1-3H3. The third kappa shape index (κ3) is 2.93. The molecule has 0 unspecified atom stereocenters. The molecule has 2 heterocycles. The van der Waals surface area contributed by atoms with Crippen molar-refractivity contribution in [3.63, 3.8) is 0 Å². The summed E-state index contributed by atoms with van der Waals surface area (Å²) in [6.45, 7) is 8.51. The van der Waals surface area contributed by atoms with Gasteiger partial charge in [0.05, 0.1) is 0 Å². The minimum absolute atomic E-state index is 0.139. The van der Waals surface area contributed by atoms with Gasteiger partial charge in [0.1, 0.15) is 17.6 Å². The van der Waals surface area contributed by atoms with Crippen molar-refractivity contribution in [2.24, 2.45) is 0 Å². The first-order valence-electron chi connectivity index (χ1n) is 6.42. The van der Waals surface area contributed by atoms with E-state index in [4.69, 9.17) is 16.3 Å². The van der Waals surface area contributed by atoms with Crippen molar-refractivity contribution in [1.29, 1.82) is 0 Å². The Morgan fingerprint density at radius 1 is 1.44 bits per heavy atom. The van der Waals surface area contributed by atoms with Crippen LogP contribution in [0.2, 0.25) is 5.15 Å². The molecule has 100 valence electrons. The van der Waals surface area contributed by atoms with Crippen LogP contribution in [0.25, 0.3) is 0 Å². The van der Waals surface area contributed by atoms with Gasteiger partial charge in [0.25, 0.3) is 0 Å². The Morgan fingerprint density at radius 2 is 2.22 bits per heavy atom. The maximum Gasteiger partial charge on any atom is 0.158 e. The molecule has 2 rings (SSSR count). The van der Waals surface area contributed by atoms with E-state index in [1.165, 1.54) is 12.8 Å². The Balaban J connectivity index is 2.24. The number of ether oxygens (including phenoxy) is 1. The Kier molecular flexibility index (Phi) is 4.07. The van der Waals surface area contributed by atoms with Crippen LogP contribution in [0.15, 0.2) is 6.07 Å². The molecule has 0 saturated carbocycles. The van der Waals surface area contributed by atoms with E-state index in [0.29, 0.717) is 24.2 Å². The lowest BCUT2D eigenvalue weighted by atomic mass is 10.0. The first-order valence-corrected chi connectivity index (χ1v) is 6.79. The highest BCUT2D eigenvalue weighted by Gasteiger charge is 2.33. The van der Waals surface area contributed by atoms with Gasteiger partial charge >= 0.3 is 0 Å². The summed E-state index contributed by atoms with van der Waals surface area (Å²) in [4.78, 5) is 11.0. The molecule has 18 heavy (non-hydrogen) atoms. The predicted octanol–water partition coefficient (Wildman–Crippen LogP) is 3.05. The van der Waals surface area contributed by atoms with Crippen molar-refractivity contribution in [2.45, 2.75) is 45.8 Å². The molecule has 4 nitrogen and oxygen atoms in total. The van der Waals surface area contributed by atoms with Crippen LogP contribution in [0.5, 0.6) is 0 Å². The summed E-state index contributed by atoms with van der Waals surface area (Å²) in [5.74, 6) is 1.56. The molecule has 0 bridgehead atoms. The second kappa shape index (κ2) is 5.41. The number of hydrogen-bond donors (Lipinski definition) is 0. The zero-order chi connectivity index (χ0) is 13.2. The summed E-state index contributed by atoms with van der Waals surface area (Å²) >= 11 is 6.07. The lowest BCUT2D eigenvalue weighted by Crippen LogP contribution is -2.38. The molecule has 5 heteroatoms. The molecule has 1 fully saturated rings. The average molecular weight is 270 g/mol. The highest BCUT2D eigenvalue weighted by molar-refractivity contribution is 6.29. The van der Waals surface area contributed by atoms with Crippen molar-refractivity contribution in [3.05, 3.63) is 17.0 Å². The molecule has 1 aromatic rings. The van der Waals surface area contributed by atoms with E-state index >= 15 is 0 Å². The van der Waals surface area contributed by atoms with E-state index in [0.717, 1.165) is 12.4 Å². The van der Waals surface area contributed by atoms with Gasteiger partial charge in [-0.3, -0.25) is 0 Å². The topological polar surface area (TPSA) is 38.2 Å². The average Bonchev–Trinajstić information content (AvgIpc) is 2.65. The third-order valence-corrected chi connectivity index (χ3v) is 3.53. The maximum atomic E-state index is 6.07. The van der Waals surface area contributed by atoms with E-state index in [-0.39, 0.29) is 5.54 Å². The molecule has 0 spiro atoms. The zero-order valence-electron chi connectivity index (χ0n) is 11.2. The van der Waals surface area contributed by atoms with Crippen molar-refractivity contribution in [1.82, 2.24) is 9.97 Å². The van der Waals surface area contributed by atoms with Gasteiger partial charge in [-0.2, -0.15) is 0 Å². The van der Waals surface area contributed by atoms with Crippen LogP contribution in [-0.4, -0.2) is 28.7 Å². The summed E-state index contributed by atoms with van der Waals surface area (Å²) in [6, 6.07) is 1.84. The predicted molar refractivity (Wildman–Crippen MR) is 73.0 cm³/mol. The van der Waals surface area contributed by atoms with Crippen molar-refractivity contribution >= 4 is 17.4 Å². The lowest BCUT2D eigenvalue weighted by Gasteiger charge is -2.32. The van der Waals surface area contributed by atoms with Crippen LogP contribution in [-0.2, 0) is 11.3 Å². The lowest BCUT2D eigenvalue weighted by molar-refractivity contribution is 0.128. The van der Waals surface area contributed by atoms with Crippen LogP contribution in [0.4, 0.5) is 5.82 Å². The normalized spacial score (nSPS) is 18.3. The van der Waals surface area contributed by atoms with Crippen molar-refractivity contribution < 1.29 is 4.74 Å². The molecular formula is C13H20ClN3O. The number of hydrogen-bond acceptors (Lipinski definition) is 4. The number of halogens is 1. The van der Waals surface area contributed by atoms with Crippen LogP contribution in [0.1, 0.15) is 39.4 Å². The van der Waals surface area contributed by atoms with Gasteiger partial charge in [-0.05, 0) is 33.6 Å². The summed E-state index contributed by atoms with van der Waals surface area (Å²) < 4.78 is 5.34. The fourth-order valence-electron chi connectivity index (χ4n) is 2.38. The molecule has 0 atom stereocenters. The third-order valence-electron chi connectivity index (χ3n) is 3.34.